The van der Waals surface area contributed by atoms with Crippen LogP contribution in [0.15, 0.2) is 36.4 Å². The highest BCUT2D eigenvalue weighted by atomic mass is 19.1. The summed E-state index contributed by atoms with van der Waals surface area (Å²) >= 11 is 0. The molecule has 0 bridgehead atoms. The van der Waals surface area contributed by atoms with E-state index < -0.39 is 11.5 Å². The molecule has 0 aliphatic rings. The van der Waals surface area contributed by atoms with Crippen LogP contribution in [-0.2, 0) is 5.67 Å². The van der Waals surface area contributed by atoms with Gasteiger partial charge in [0.25, 0.3) is 0 Å². The maximum absolute atomic E-state index is 14.0. The van der Waals surface area contributed by atoms with Crippen LogP contribution in [0.4, 0.5) is 14.5 Å². The molecule has 0 aliphatic carbocycles. The van der Waals surface area contributed by atoms with Crippen molar-refractivity contribution in [3.8, 4) is 11.1 Å². The second kappa shape index (κ2) is 4.65. The first-order chi connectivity index (χ1) is 8.79. The Morgan fingerprint density at radius 1 is 1.05 bits per heavy atom. The van der Waals surface area contributed by atoms with E-state index in [0.29, 0.717) is 5.69 Å². The zero-order valence-electron chi connectivity index (χ0n) is 11.3. The van der Waals surface area contributed by atoms with Gasteiger partial charge in [-0.25, -0.2) is 8.78 Å². The number of nitrogens with two attached hydrogens (primary N) is 1. The Hall–Kier alpha value is -1.90. The molecule has 2 rings (SSSR count). The average molecular weight is 261 g/mol. The number of alkyl halides is 1. The van der Waals surface area contributed by atoms with Gasteiger partial charge in [-0.2, -0.15) is 0 Å². The third-order valence-corrected chi connectivity index (χ3v) is 3.18. The van der Waals surface area contributed by atoms with Crippen LogP contribution in [0.5, 0.6) is 0 Å². The topological polar surface area (TPSA) is 26.0 Å². The molecular formula is C16H17F2N. The number of halogens is 2. The van der Waals surface area contributed by atoms with Crippen LogP contribution in [-0.4, -0.2) is 0 Å². The fraction of sp³-hybridized carbons (Fsp3) is 0.250. The van der Waals surface area contributed by atoms with Crippen molar-refractivity contribution < 1.29 is 8.78 Å². The van der Waals surface area contributed by atoms with Crippen molar-refractivity contribution >= 4 is 5.69 Å². The van der Waals surface area contributed by atoms with Gasteiger partial charge >= 0.3 is 0 Å². The molecule has 0 heterocycles. The van der Waals surface area contributed by atoms with E-state index in [2.05, 4.69) is 0 Å². The van der Waals surface area contributed by atoms with E-state index in [1.807, 2.05) is 25.1 Å². The fourth-order valence-electron chi connectivity index (χ4n) is 2.10. The van der Waals surface area contributed by atoms with Gasteiger partial charge in [-0.1, -0.05) is 12.1 Å². The second-order valence-electron chi connectivity index (χ2n) is 5.24. The molecule has 2 N–H and O–H groups in total. The number of benzene rings is 2. The molecule has 3 heteroatoms. The van der Waals surface area contributed by atoms with Gasteiger partial charge in [0.15, 0.2) is 0 Å². The Labute approximate surface area is 112 Å². The lowest BCUT2D eigenvalue weighted by atomic mass is 9.93. The largest absolute Gasteiger partial charge is 0.399 e. The molecule has 0 amide bonds. The normalized spacial score (nSPS) is 11.6. The molecule has 19 heavy (non-hydrogen) atoms. The Bertz CT molecular complexity index is 613. The molecule has 2 aromatic carbocycles. The number of hydrogen-bond acceptors (Lipinski definition) is 1. The van der Waals surface area contributed by atoms with Crippen LogP contribution < -0.4 is 5.73 Å². The molecule has 0 fully saturated rings. The van der Waals surface area contributed by atoms with Crippen molar-refractivity contribution in [3.63, 3.8) is 0 Å². The minimum absolute atomic E-state index is 0.0619. The molecule has 100 valence electrons. The third-order valence-electron chi connectivity index (χ3n) is 3.18. The molecule has 0 aliphatic heterocycles. The first kappa shape index (κ1) is 13.5. The van der Waals surface area contributed by atoms with Crippen LogP contribution in [0.1, 0.15) is 25.0 Å². The lowest BCUT2D eigenvalue weighted by Gasteiger charge is -2.17. The first-order valence-electron chi connectivity index (χ1n) is 6.14. The van der Waals surface area contributed by atoms with Gasteiger partial charge in [-0.05, 0) is 61.7 Å². The van der Waals surface area contributed by atoms with Crippen LogP contribution in [0.2, 0.25) is 0 Å². The van der Waals surface area contributed by atoms with E-state index in [1.165, 1.54) is 19.9 Å². The summed E-state index contributed by atoms with van der Waals surface area (Å²) in [6.07, 6.45) is 0. The van der Waals surface area contributed by atoms with Crippen LogP contribution in [0.3, 0.4) is 0 Å². The van der Waals surface area contributed by atoms with Crippen LogP contribution in [0, 0.1) is 12.7 Å². The van der Waals surface area contributed by atoms with Crippen molar-refractivity contribution in [1.82, 2.24) is 0 Å². The van der Waals surface area contributed by atoms with Gasteiger partial charge in [0.2, 0.25) is 0 Å². The summed E-state index contributed by atoms with van der Waals surface area (Å²) < 4.78 is 27.7. The Kier molecular flexibility index (Phi) is 3.31. The van der Waals surface area contributed by atoms with E-state index in [9.17, 15) is 8.78 Å². The molecule has 1 nitrogen and oxygen atoms in total. The molecule has 2 aromatic rings. The lowest BCUT2D eigenvalue weighted by Crippen LogP contribution is -2.11. The van der Waals surface area contributed by atoms with Crippen molar-refractivity contribution in [2.75, 3.05) is 5.73 Å². The quantitative estimate of drug-likeness (QED) is 0.786. The van der Waals surface area contributed by atoms with Gasteiger partial charge < -0.3 is 5.73 Å². The van der Waals surface area contributed by atoms with Crippen molar-refractivity contribution in [2.24, 2.45) is 0 Å². The molecule has 0 aromatic heterocycles. The van der Waals surface area contributed by atoms with Crippen molar-refractivity contribution in [1.29, 1.82) is 0 Å². The molecule has 0 atom stereocenters. The summed E-state index contributed by atoms with van der Waals surface area (Å²) in [4.78, 5) is 0. The van der Waals surface area contributed by atoms with Crippen LogP contribution >= 0.6 is 0 Å². The molecular weight excluding hydrogens is 244 g/mol. The molecule has 0 unspecified atom stereocenters. The number of nitrogen functional groups attached to an aromatic ring is 1. The van der Waals surface area contributed by atoms with E-state index in [0.717, 1.165) is 16.7 Å². The number of aryl methyl sites for hydroxylation is 1. The number of rotatable bonds is 2. The van der Waals surface area contributed by atoms with E-state index >= 15 is 0 Å². The summed E-state index contributed by atoms with van der Waals surface area (Å²) in [6.45, 7) is 4.64. The first-order valence-corrected chi connectivity index (χ1v) is 6.14. The van der Waals surface area contributed by atoms with Crippen LogP contribution in [0.25, 0.3) is 11.1 Å². The average Bonchev–Trinajstić information content (AvgIpc) is 2.31. The summed E-state index contributed by atoms with van der Waals surface area (Å²) in [5.74, 6) is -0.530. The molecule has 0 radical (unpaired) electrons. The maximum atomic E-state index is 14.0. The van der Waals surface area contributed by atoms with E-state index in [-0.39, 0.29) is 5.56 Å². The maximum Gasteiger partial charge on any atom is 0.133 e. The SMILES string of the molecule is Cc1ccc(N)cc1-c1ccc(F)c(C(C)(C)F)c1. The zero-order chi connectivity index (χ0) is 14.2. The monoisotopic (exact) mass is 261 g/mol. The van der Waals surface area contributed by atoms with Gasteiger partial charge in [-0.3, -0.25) is 0 Å². The second-order valence-corrected chi connectivity index (χ2v) is 5.24. The van der Waals surface area contributed by atoms with Crippen molar-refractivity contribution in [3.05, 3.63) is 53.3 Å². The van der Waals surface area contributed by atoms with E-state index in [1.54, 1.807) is 12.1 Å². The fourth-order valence-corrected chi connectivity index (χ4v) is 2.10. The highest BCUT2D eigenvalue weighted by Crippen LogP contribution is 2.33. The molecule has 0 spiro atoms. The molecule has 0 saturated heterocycles. The van der Waals surface area contributed by atoms with Gasteiger partial charge in [0.1, 0.15) is 11.5 Å². The number of hydrogen-bond donors (Lipinski definition) is 1. The number of anilines is 1. The Morgan fingerprint density at radius 2 is 1.74 bits per heavy atom. The third kappa shape index (κ3) is 2.75. The summed E-state index contributed by atoms with van der Waals surface area (Å²) in [5.41, 5.74) is 7.43. The predicted octanol–water partition coefficient (Wildman–Crippen LogP) is 4.59. The smallest absolute Gasteiger partial charge is 0.133 e. The zero-order valence-corrected chi connectivity index (χ0v) is 11.3. The predicted molar refractivity (Wildman–Crippen MR) is 75.1 cm³/mol. The molecule has 0 saturated carbocycles. The highest BCUT2D eigenvalue weighted by Gasteiger charge is 2.23. The van der Waals surface area contributed by atoms with Gasteiger partial charge in [0.05, 0.1) is 0 Å². The summed E-state index contributed by atoms with van der Waals surface area (Å²) in [6, 6.07) is 10.0. The summed E-state index contributed by atoms with van der Waals surface area (Å²) in [7, 11) is 0. The lowest BCUT2D eigenvalue weighted by molar-refractivity contribution is 0.214. The van der Waals surface area contributed by atoms with E-state index in [4.69, 9.17) is 5.73 Å². The van der Waals surface area contributed by atoms with Crippen molar-refractivity contribution in [2.45, 2.75) is 26.4 Å². The Morgan fingerprint density at radius 3 is 2.37 bits per heavy atom. The minimum Gasteiger partial charge on any atom is -0.399 e. The Balaban J connectivity index is 2.61. The van der Waals surface area contributed by atoms with Gasteiger partial charge in [-0.15, -0.1) is 0 Å². The van der Waals surface area contributed by atoms with Gasteiger partial charge in [0, 0.05) is 11.3 Å². The summed E-state index contributed by atoms with van der Waals surface area (Å²) in [5, 5.41) is 0. The standard InChI is InChI=1S/C16H17F2N/c1-10-4-6-12(19)9-13(10)11-5-7-15(17)14(8-11)16(2,3)18/h4-9H,19H2,1-3H3. The highest BCUT2D eigenvalue weighted by molar-refractivity contribution is 5.71. The minimum atomic E-state index is -1.71.